The predicted octanol–water partition coefficient (Wildman–Crippen LogP) is 6.25. The largest absolute Gasteiger partial charge is 0.419 e. The van der Waals surface area contributed by atoms with Crippen LogP contribution in [-0.4, -0.2) is 51.0 Å². The van der Waals surface area contributed by atoms with E-state index in [2.05, 4.69) is 32.7 Å². The Morgan fingerprint density at radius 3 is 2.45 bits per heavy atom. The van der Waals surface area contributed by atoms with Gasteiger partial charge in [-0.1, -0.05) is 42.3 Å². The highest BCUT2D eigenvalue weighted by Crippen LogP contribution is 2.39. The van der Waals surface area contributed by atoms with Gasteiger partial charge in [-0.25, -0.2) is 22.8 Å². The molecule has 2 aromatic carbocycles. The van der Waals surface area contributed by atoms with Gasteiger partial charge in [0.25, 0.3) is 0 Å². The minimum Gasteiger partial charge on any atom is -0.354 e. The van der Waals surface area contributed by atoms with E-state index < -0.39 is 34.5 Å². The van der Waals surface area contributed by atoms with Gasteiger partial charge in [0.05, 0.1) is 5.56 Å². The first kappa shape index (κ1) is 26.4. The SMILES string of the molecule is CSN1CCN(c2ccc3c(-c4cc(C(F)(F)F)c(F)c(C)c4F)nn(C)c3n2)CC1Cc1ccccc1. The Labute approximate surface area is 221 Å². The van der Waals surface area contributed by atoms with Crippen molar-refractivity contribution in [3.63, 3.8) is 0 Å². The number of hydrogen-bond donors (Lipinski definition) is 0. The van der Waals surface area contributed by atoms with Gasteiger partial charge in [0.15, 0.2) is 5.65 Å². The molecule has 0 saturated carbocycles. The molecule has 0 N–H and O–H groups in total. The number of halogens is 5. The van der Waals surface area contributed by atoms with Crippen LogP contribution in [0.1, 0.15) is 16.7 Å². The van der Waals surface area contributed by atoms with E-state index in [4.69, 9.17) is 4.98 Å². The lowest BCUT2D eigenvalue weighted by atomic mass is 10.0. The minimum atomic E-state index is -4.97. The molecule has 0 spiro atoms. The smallest absolute Gasteiger partial charge is 0.354 e. The van der Waals surface area contributed by atoms with Gasteiger partial charge in [-0.3, -0.25) is 0 Å². The third kappa shape index (κ3) is 4.84. The molecule has 1 saturated heterocycles. The molecular weight excluding hydrogens is 521 g/mol. The fourth-order valence-electron chi connectivity index (χ4n) is 4.99. The van der Waals surface area contributed by atoms with Crippen LogP contribution in [0.3, 0.4) is 0 Å². The van der Waals surface area contributed by atoms with Gasteiger partial charge in [-0.15, -0.1) is 0 Å². The summed E-state index contributed by atoms with van der Waals surface area (Å²) in [5, 5.41) is 4.68. The number of aryl methyl sites for hydroxylation is 1. The van der Waals surface area contributed by atoms with Crippen molar-refractivity contribution >= 4 is 28.8 Å². The number of rotatable bonds is 5. The molecule has 5 nitrogen and oxygen atoms in total. The number of pyridine rings is 1. The fourth-order valence-corrected chi connectivity index (χ4v) is 5.69. The molecule has 11 heteroatoms. The van der Waals surface area contributed by atoms with Crippen LogP contribution in [0.2, 0.25) is 0 Å². The maximum atomic E-state index is 15.0. The van der Waals surface area contributed by atoms with Crippen molar-refractivity contribution in [2.75, 3.05) is 30.8 Å². The summed E-state index contributed by atoms with van der Waals surface area (Å²) >= 11 is 1.71. The predicted molar refractivity (Wildman–Crippen MR) is 140 cm³/mol. The van der Waals surface area contributed by atoms with Crippen molar-refractivity contribution in [1.29, 1.82) is 0 Å². The van der Waals surface area contributed by atoms with Crippen molar-refractivity contribution in [2.24, 2.45) is 7.05 Å². The average Bonchev–Trinajstić information content (AvgIpc) is 3.22. The maximum absolute atomic E-state index is 15.0. The third-order valence-electron chi connectivity index (χ3n) is 6.95. The monoisotopic (exact) mass is 547 g/mol. The average molecular weight is 548 g/mol. The molecule has 5 rings (SSSR count). The Balaban J connectivity index is 1.50. The molecule has 1 aliphatic heterocycles. The van der Waals surface area contributed by atoms with Gasteiger partial charge in [0.2, 0.25) is 0 Å². The van der Waals surface area contributed by atoms with E-state index in [1.165, 1.54) is 10.2 Å². The molecule has 38 heavy (non-hydrogen) atoms. The van der Waals surface area contributed by atoms with Gasteiger partial charge >= 0.3 is 6.18 Å². The second-order valence-electron chi connectivity index (χ2n) is 9.35. The third-order valence-corrected chi connectivity index (χ3v) is 7.90. The number of piperazine rings is 1. The van der Waals surface area contributed by atoms with Crippen molar-refractivity contribution in [3.05, 3.63) is 76.9 Å². The lowest BCUT2D eigenvalue weighted by Crippen LogP contribution is -2.51. The topological polar surface area (TPSA) is 37.2 Å². The van der Waals surface area contributed by atoms with E-state index in [9.17, 15) is 17.6 Å². The molecular formula is C27H26F5N5S. The molecule has 1 unspecified atom stereocenters. The van der Waals surface area contributed by atoms with Crippen LogP contribution in [0.5, 0.6) is 0 Å². The molecule has 1 atom stereocenters. The summed E-state index contributed by atoms with van der Waals surface area (Å²) < 4.78 is 73.4. The number of hydrogen-bond acceptors (Lipinski definition) is 5. The molecule has 3 heterocycles. The maximum Gasteiger partial charge on any atom is 0.419 e. The summed E-state index contributed by atoms with van der Waals surface area (Å²) in [6.45, 7) is 3.30. The lowest BCUT2D eigenvalue weighted by molar-refractivity contribution is -0.140. The summed E-state index contributed by atoms with van der Waals surface area (Å²) in [5.74, 6) is -1.98. The van der Waals surface area contributed by atoms with Crippen LogP contribution in [0.4, 0.5) is 27.8 Å². The molecule has 4 aromatic rings. The van der Waals surface area contributed by atoms with Crippen LogP contribution in [-0.2, 0) is 19.6 Å². The van der Waals surface area contributed by atoms with Crippen LogP contribution in [0.15, 0.2) is 48.5 Å². The molecule has 0 aliphatic carbocycles. The zero-order chi connectivity index (χ0) is 27.2. The normalized spacial score (nSPS) is 16.9. The zero-order valence-electron chi connectivity index (χ0n) is 21.1. The van der Waals surface area contributed by atoms with Crippen molar-refractivity contribution in [1.82, 2.24) is 19.1 Å². The van der Waals surface area contributed by atoms with Crippen LogP contribution in [0.25, 0.3) is 22.3 Å². The number of nitrogens with zero attached hydrogens (tertiary/aromatic N) is 5. The quantitative estimate of drug-likeness (QED) is 0.218. The van der Waals surface area contributed by atoms with Gasteiger partial charge < -0.3 is 4.90 Å². The Kier molecular flexibility index (Phi) is 7.08. The van der Waals surface area contributed by atoms with E-state index >= 15 is 4.39 Å². The zero-order valence-corrected chi connectivity index (χ0v) is 21.9. The number of anilines is 1. The molecule has 0 amide bonds. The number of aromatic nitrogens is 3. The highest BCUT2D eigenvalue weighted by atomic mass is 32.2. The van der Waals surface area contributed by atoms with E-state index in [0.29, 0.717) is 22.9 Å². The second-order valence-corrected chi connectivity index (χ2v) is 10.2. The van der Waals surface area contributed by atoms with E-state index in [1.807, 2.05) is 18.2 Å². The Hall–Kier alpha value is -3.18. The molecule has 2 aromatic heterocycles. The first-order valence-corrected chi connectivity index (χ1v) is 13.3. The van der Waals surface area contributed by atoms with Crippen molar-refractivity contribution < 1.29 is 22.0 Å². The van der Waals surface area contributed by atoms with Gasteiger partial charge in [0, 0.05) is 49.2 Å². The fraction of sp³-hybridized carbons (Fsp3) is 0.333. The molecule has 0 radical (unpaired) electrons. The van der Waals surface area contributed by atoms with Gasteiger partial charge in [0.1, 0.15) is 23.1 Å². The first-order chi connectivity index (χ1) is 18.1. The summed E-state index contributed by atoms with van der Waals surface area (Å²) in [6, 6.07) is 14.5. The van der Waals surface area contributed by atoms with E-state index in [0.717, 1.165) is 33.0 Å². The molecule has 200 valence electrons. The number of fused-ring (bicyclic) bond motifs is 1. The van der Waals surface area contributed by atoms with Crippen LogP contribution in [0, 0.1) is 18.6 Å². The summed E-state index contributed by atoms with van der Waals surface area (Å²) in [6.07, 6.45) is -2.03. The van der Waals surface area contributed by atoms with Crippen LogP contribution >= 0.6 is 11.9 Å². The number of alkyl halides is 3. The highest BCUT2D eigenvalue weighted by Gasteiger charge is 2.37. The highest BCUT2D eigenvalue weighted by molar-refractivity contribution is 7.96. The molecule has 1 aliphatic rings. The first-order valence-electron chi connectivity index (χ1n) is 12.1. The summed E-state index contributed by atoms with van der Waals surface area (Å²) in [7, 11) is 1.60. The summed E-state index contributed by atoms with van der Waals surface area (Å²) in [4.78, 5) is 6.94. The van der Waals surface area contributed by atoms with E-state index in [-0.39, 0.29) is 11.7 Å². The van der Waals surface area contributed by atoms with E-state index in [1.54, 1.807) is 31.1 Å². The summed E-state index contributed by atoms with van der Waals surface area (Å²) in [5.41, 5.74) is -0.998. The van der Waals surface area contributed by atoms with Gasteiger partial charge in [-0.2, -0.15) is 18.3 Å². The Morgan fingerprint density at radius 2 is 1.76 bits per heavy atom. The Morgan fingerprint density at radius 1 is 1.03 bits per heavy atom. The van der Waals surface area contributed by atoms with Gasteiger partial charge in [-0.05, 0) is 43.4 Å². The molecule has 1 fully saturated rings. The minimum absolute atomic E-state index is 0.0122. The second kappa shape index (κ2) is 10.2. The molecule has 0 bridgehead atoms. The number of benzene rings is 2. The van der Waals surface area contributed by atoms with Crippen molar-refractivity contribution in [3.8, 4) is 11.3 Å². The van der Waals surface area contributed by atoms with Crippen molar-refractivity contribution in [2.45, 2.75) is 25.6 Å². The standard InChI is InChI=1S/C27H26F5N5S/c1-16-23(28)20(14-21(24(16)29)27(30,31)32)25-19-9-10-22(33-26(19)35(2)34-25)36-11-12-37(38-3)18(15-36)13-17-7-5-4-6-8-17/h4-10,14,18H,11-13,15H2,1-3H3. The lowest BCUT2D eigenvalue weighted by Gasteiger charge is -2.40. The van der Waals surface area contributed by atoms with Crippen LogP contribution < -0.4 is 4.90 Å². The Bertz CT molecular complexity index is 1470.